The van der Waals surface area contributed by atoms with Crippen molar-refractivity contribution in [2.75, 3.05) is 32.0 Å². The van der Waals surface area contributed by atoms with E-state index in [1.54, 1.807) is 6.07 Å². The number of anilines is 1. The second kappa shape index (κ2) is 5.19. The number of rotatable bonds is 1. The number of carbonyl (C=O) groups excluding carboxylic acids is 1. The zero-order valence-corrected chi connectivity index (χ0v) is 10.1. The number of amides is 1. The summed E-state index contributed by atoms with van der Waals surface area (Å²) in [7, 11) is 0. The Morgan fingerprint density at radius 3 is 3.00 bits per heavy atom. The van der Waals surface area contributed by atoms with Crippen LogP contribution in [0.4, 0.5) is 5.69 Å². The minimum Gasteiger partial charge on any atom is -0.398 e. The molecular weight excluding hydrogens is 216 g/mol. The highest BCUT2D eigenvalue weighted by molar-refractivity contribution is 5.99. The van der Waals surface area contributed by atoms with E-state index in [0.717, 1.165) is 25.1 Å². The Labute approximate surface area is 101 Å². The Hall–Kier alpha value is -1.55. The minimum atomic E-state index is 0.0108. The van der Waals surface area contributed by atoms with Crippen molar-refractivity contribution in [2.45, 2.75) is 13.3 Å². The first-order valence-electron chi connectivity index (χ1n) is 5.92. The van der Waals surface area contributed by atoms with Crippen LogP contribution in [0.1, 0.15) is 22.3 Å². The fraction of sp³-hybridized carbons (Fsp3) is 0.462. The molecule has 1 heterocycles. The lowest BCUT2D eigenvalue weighted by molar-refractivity contribution is 0.0742. The molecule has 4 nitrogen and oxygen atoms in total. The van der Waals surface area contributed by atoms with E-state index in [0.29, 0.717) is 24.4 Å². The molecule has 0 radical (unpaired) electrons. The molecule has 1 aliphatic rings. The van der Waals surface area contributed by atoms with Gasteiger partial charge in [0.1, 0.15) is 0 Å². The summed E-state index contributed by atoms with van der Waals surface area (Å²) in [5.74, 6) is 0.0108. The van der Waals surface area contributed by atoms with Gasteiger partial charge in [-0.25, -0.2) is 0 Å². The van der Waals surface area contributed by atoms with Crippen LogP contribution in [0, 0.1) is 6.92 Å². The number of hydrogen-bond donors (Lipinski definition) is 1. The number of nitrogens with two attached hydrogens (primary N) is 1. The van der Waals surface area contributed by atoms with Gasteiger partial charge in [-0.15, -0.1) is 0 Å². The lowest BCUT2D eigenvalue weighted by atomic mass is 10.1. The van der Waals surface area contributed by atoms with E-state index >= 15 is 0 Å². The molecule has 1 aromatic carbocycles. The van der Waals surface area contributed by atoms with Crippen LogP contribution < -0.4 is 5.73 Å². The van der Waals surface area contributed by atoms with Gasteiger partial charge in [-0.2, -0.15) is 0 Å². The number of benzene rings is 1. The van der Waals surface area contributed by atoms with E-state index in [1.807, 2.05) is 24.0 Å². The summed E-state index contributed by atoms with van der Waals surface area (Å²) in [6.07, 6.45) is 0.886. The van der Waals surface area contributed by atoms with E-state index in [1.165, 1.54) is 0 Å². The molecule has 0 saturated carbocycles. The summed E-state index contributed by atoms with van der Waals surface area (Å²) < 4.78 is 5.34. The number of nitrogen functional groups attached to an aromatic ring is 1. The SMILES string of the molecule is Cc1cccc(C(=O)N2CCCOCC2)c1N. The first-order valence-corrected chi connectivity index (χ1v) is 5.92. The third-order valence-corrected chi connectivity index (χ3v) is 3.06. The Kier molecular flexibility index (Phi) is 3.64. The highest BCUT2D eigenvalue weighted by Crippen LogP contribution is 2.18. The van der Waals surface area contributed by atoms with Gasteiger partial charge in [0.2, 0.25) is 0 Å². The van der Waals surface area contributed by atoms with Crippen molar-refractivity contribution < 1.29 is 9.53 Å². The predicted molar refractivity (Wildman–Crippen MR) is 66.9 cm³/mol. The fourth-order valence-electron chi connectivity index (χ4n) is 1.99. The molecule has 17 heavy (non-hydrogen) atoms. The van der Waals surface area contributed by atoms with Crippen LogP contribution in [0.25, 0.3) is 0 Å². The monoisotopic (exact) mass is 234 g/mol. The van der Waals surface area contributed by atoms with Crippen LogP contribution >= 0.6 is 0 Å². The minimum absolute atomic E-state index is 0.0108. The van der Waals surface area contributed by atoms with Gasteiger partial charge in [-0.1, -0.05) is 12.1 Å². The second-order valence-corrected chi connectivity index (χ2v) is 4.29. The van der Waals surface area contributed by atoms with Crippen LogP contribution in [0.5, 0.6) is 0 Å². The van der Waals surface area contributed by atoms with Crippen LogP contribution in [0.3, 0.4) is 0 Å². The summed E-state index contributed by atoms with van der Waals surface area (Å²) in [5, 5.41) is 0. The normalized spacial score (nSPS) is 16.6. The summed E-state index contributed by atoms with van der Waals surface area (Å²) in [6, 6.07) is 5.57. The Morgan fingerprint density at radius 2 is 2.18 bits per heavy atom. The first-order chi connectivity index (χ1) is 8.20. The molecule has 0 aliphatic carbocycles. The molecule has 0 bridgehead atoms. The van der Waals surface area contributed by atoms with Crippen molar-refractivity contribution in [1.29, 1.82) is 0 Å². The molecule has 4 heteroatoms. The molecule has 0 atom stereocenters. The molecule has 1 saturated heterocycles. The quantitative estimate of drug-likeness (QED) is 0.748. The average Bonchev–Trinajstić information content (AvgIpc) is 2.60. The van der Waals surface area contributed by atoms with Crippen LogP contribution in [0.2, 0.25) is 0 Å². The number of nitrogens with zero attached hydrogens (tertiary/aromatic N) is 1. The molecular formula is C13H18N2O2. The molecule has 0 unspecified atom stereocenters. The maximum absolute atomic E-state index is 12.3. The molecule has 2 rings (SSSR count). The van der Waals surface area contributed by atoms with Gasteiger partial charge in [-0.3, -0.25) is 4.79 Å². The summed E-state index contributed by atoms with van der Waals surface area (Å²) in [5.41, 5.74) is 8.09. The first kappa shape index (κ1) is 11.9. The molecule has 1 fully saturated rings. The number of para-hydroxylation sites is 1. The van der Waals surface area contributed by atoms with Crippen molar-refractivity contribution in [2.24, 2.45) is 0 Å². The molecule has 0 spiro atoms. The Balaban J connectivity index is 2.20. The number of carbonyl (C=O) groups is 1. The third-order valence-electron chi connectivity index (χ3n) is 3.06. The molecule has 1 aromatic rings. The maximum Gasteiger partial charge on any atom is 0.256 e. The number of ether oxygens (including phenoxy) is 1. The molecule has 1 amide bonds. The topological polar surface area (TPSA) is 55.6 Å². The zero-order valence-electron chi connectivity index (χ0n) is 10.1. The predicted octanol–water partition coefficient (Wildman–Crippen LogP) is 1.44. The lowest BCUT2D eigenvalue weighted by Crippen LogP contribution is -2.33. The highest BCUT2D eigenvalue weighted by atomic mass is 16.5. The summed E-state index contributed by atoms with van der Waals surface area (Å²) >= 11 is 0. The second-order valence-electron chi connectivity index (χ2n) is 4.29. The van der Waals surface area contributed by atoms with E-state index in [4.69, 9.17) is 10.5 Å². The molecule has 1 aliphatic heterocycles. The van der Waals surface area contributed by atoms with Gasteiger partial charge in [0.05, 0.1) is 12.2 Å². The van der Waals surface area contributed by atoms with Gasteiger partial charge in [0, 0.05) is 25.4 Å². The fourth-order valence-corrected chi connectivity index (χ4v) is 1.99. The molecule has 0 aromatic heterocycles. The van der Waals surface area contributed by atoms with Gasteiger partial charge >= 0.3 is 0 Å². The van der Waals surface area contributed by atoms with Gasteiger partial charge in [0.25, 0.3) is 5.91 Å². The van der Waals surface area contributed by atoms with E-state index in [-0.39, 0.29) is 5.91 Å². The van der Waals surface area contributed by atoms with Gasteiger partial charge in [-0.05, 0) is 25.0 Å². The van der Waals surface area contributed by atoms with E-state index in [9.17, 15) is 4.79 Å². The molecule has 92 valence electrons. The third kappa shape index (κ3) is 2.58. The van der Waals surface area contributed by atoms with Crippen LogP contribution in [-0.2, 0) is 4.74 Å². The lowest BCUT2D eigenvalue weighted by Gasteiger charge is -2.20. The van der Waals surface area contributed by atoms with Crippen molar-refractivity contribution in [3.63, 3.8) is 0 Å². The van der Waals surface area contributed by atoms with Crippen molar-refractivity contribution >= 4 is 11.6 Å². The highest BCUT2D eigenvalue weighted by Gasteiger charge is 2.19. The summed E-state index contributed by atoms with van der Waals surface area (Å²) in [4.78, 5) is 14.1. The average molecular weight is 234 g/mol. The van der Waals surface area contributed by atoms with Gasteiger partial charge in [0.15, 0.2) is 0 Å². The van der Waals surface area contributed by atoms with E-state index in [2.05, 4.69) is 0 Å². The molecule has 2 N–H and O–H groups in total. The van der Waals surface area contributed by atoms with Gasteiger partial charge < -0.3 is 15.4 Å². The maximum atomic E-state index is 12.3. The van der Waals surface area contributed by atoms with Crippen molar-refractivity contribution in [1.82, 2.24) is 4.90 Å². The summed E-state index contributed by atoms with van der Waals surface area (Å²) in [6.45, 7) is 4.64. The number of aryl methyl sites for hydroxylation is 1. The van der Waals surface area contributed by atoms with Crippen LogP contribution in [0.15, 0.2) is 18.2 Å². The Morgan fingerprint density at radius 1 is 1.35 bits per heavy atom. The van der Waals surface area contributed by atoms with Crippen LogP contribution in [-0.4, -0.2) is 37.1 Å². The van der Waals surface area contributed by atoms with E-state index < -0.39 is 0 Å². The Bertz CT molecular complexity index is 410. The number of hydrogen-bond acceptors (Lipinski definition) is 3. The largest absolute Gasteiger partial charge is 0.398 e. The van der Waals surface area contributed by atoms with Crippen molar-refractivity contribution in [3.05, 3.63) is 29.3 Å². The smallest absolute Gasteiger partial charge is 0.256 e. The standard InChI is InChI=1S/C13H18N2O2/c1-10-4-2-5-11(12(10)14)13(16)15-6-3-8-17-9-7-15/h2,4-5H,3,6-9,14H2,1H3. The zero-order chi connectivity index (χ0) is 12.3. The van der Waals surface area contributed by atoms with Crippen molar-refractivity contribution in [3.8, 4) is 0 Å².